The minimum absolute atomic E-state index is 0.131. The molecule has 0 aliphatic carbocycles. The Labute approximate surface area is 62.1 Å². The summed E-state index contributed by atoms with van der Waals surface area (Å²) in [7, 11) is 0. The van der Waals surface area contributed by atoms with Crippen LogP contribution in [0.5, 0.6) is 0 Å². The summed E-state index contributed by atoms with van der Waals surface area (Å²) in [6, 6.07) is 1.25. The number of hydrogen-bond acceptors (Lipinski definition) is 3. The summed E-state index contributed by atoms with van der Waals surface area (Å²) in [4.78, 5) is 16.8. The van der Waals surface area contributed by atoms with E-state index in [0.29, 0.717) is 5.69 Å². The number of nitrogens with two attached hydrogens (primary N) is 1. The van der Waals surface area contributed by atoms with Gasteiger partial charge in [-0.15, -0.1) is 0 Å². The van der Waals surface area contributed by atoms with Crippen LogP contribution in [0, 0.1) is 0 Å². The third-order valence-electron chi connectivity index (χ3n) is 0.931. The van der Waals surface area contributed by atoms with Gasteiger partial charge in [0.25, 0.3) is 5.56 Å². The quantitative estimate of drug-likeness (QED) is 0.531. The van der Waals surface area contributed by atoms with E-state index in [2.05, 4.69) is 22.2 Å². The van der Waals surface area contributed by atoms with Crippen LogP contribution in [0.2, 0.25) is 0 Å². The highest BCUT2D eigenvalue weighted by molar-refractivity contribution is 7.80. The fourth-order valence-corrected chi connectivity index (χ4v) is 0.615. The first-order valence-electron chi connectivity index (χ1n) is 2.54. The van der Waals surface area contributed by atoms with Gasteiger partial charge in [0.15, 0.2) is 0 Å². The van der Waals surface area contributed by atoms with Crippen LogP contribution in [0.25, 0.3) is 0 Å². The maximum atomic E-state index is 10.6. The molecule has 10 heavy (non-hydrogen) atoms. The van der Waals surface area contributed by atoms with Gasteiger partial charge in [0, 0.05) is 6.07 Å². The van der Waals surface area contributed by atoms with E-state index in [4.69, 9.17) is 5.73 Å². The molecule has 1 heterocycles. The van der Waals surface area contributed by atoms with Crippen LogP contribution in [0.15, 0.2) is 17.2 Å². The van der Waals surface area contributed by atoms with Crippen LogP contribution in [-0.4, -0.2) is 15.0 Å². The van der Waals surface area contributed by atoms with Gasteiger partial charge < -0.3 is 10.7 Å². The SMILES string of the molecule is NC(=S)c1cc(=O)[nH]cn1. The van der Waals surface area contributed by atoms with E-state index >= 15 is 0 Å². The Balaban J connectivity index is 3.20. The molecule has 3 N–H and O–H groups in total. The number of nitrogens with one attached hydrogen (secondary N) is 1. The molecule has 0 bridgehead atoms. The van der Waals surface area contributed by atoms with Gasteiger partial charge in [-0.25, -0.2) is 4.98 Å². The summed E-state index contributed by atoms with van der Waals surface area (Å²) in [5, 5.41) is 0. The summed E-state index contributed by atoms with van der Waals surface area (Å²) in [6.07, 6.45) is 1.26. The predicted octanol–water partition coefficient (Wildman–Crippen LogP) is -0.596. The second-order valence-electron chi connectivity index (χ2n) is 1.66. The Hall–Kier alpha value is -1.23. The van der Waals surface area contributed by atoms with Crippen molar-refractivity contribution in [3.63, 3.8) is 0 Å². The number of hydrogen-bond donors (Lipinski definition) is 2. The van der Waals surface area contributed by atoms with E-state index < -0.39 is 0 Å². The van der Waals surface area contributed by atoms with Crippen LogP contribution >= 0.6 is 12.2 Å². The van der Waals surface area contributed by atoms with Crippen LogP contribution in [0.3, 0.4) is 0 Å². The molecule has 0 atom stereocenters. The highest BCUT2D eigenvalue weighted by Crippen LogP contribution is 1.84. The van der Waals surface area contributed by atoms with Crippen molar-refractivity contribution < 1.29 is 0 Å². The van der Waals surface area contributed by atoms with Gasteiger partial charge in [-0.05, 0) is 0 Å². The fourth-order valence-electron chi connectivity index (χ4n) is 0.503. The molecule has 0 amide bonds. The van der Waals surface area contributed by atoms with Crippen molar-refractivity contribution in [2.75, 3.05) is 0 Å². The first-order chi connectivity index (χ1) is 4.70. The second kappa shape index (κ2) is 2.57. The molecule has 0 saturated heterocycles. The summed E-state index contributed by atoms with van der Waals surface area (Å²) in [6.45, 7) is 0. The van der Waals surface area contributed by atoms with Gasteiger partial charge in [-0.3, -0.25) is 4.79 Å². The van der Waals surface area contributed by atoms with Crippen molar-refractivity contribution in [1.29, 1.82) is 0 Å². The minimum atomic E-state index is -0.252. The molecule has 0 aromatic carbocycles. The zero-order valence-corrected chi connectivity index (χ0v) is 5.81. The van der Waals surface area contributed by atoms with Crippen molar-refractivity contribution >= 4 is 17.2 Å². The third-order valence-corrected chi connectivity index (χ3v) is 1.14. The van der Waals surface area contributed by atoms with Gasteiger partial charge in [-0.2, -0.15) is 0 Å². The molecular weight excluding hydrogens is 150 g/mol. The molecule has 0 spiro atoms. The molecule has 0 fully saturated rings. The van der Waals surface area contributed by atoms with E-state index in [1.807, 2.05) is 0 Å². The zero-order chi connectivity index (χ0) is 7.56. The number of rotatable bonds is 1. The Morgan fingerprint density at radius 3 is 2.90 bits per heavy atom. The highest BCUT2D eigenvalue weighted by atomic mass is 32.1. The molecule has 1 aromatic heterocycles. The largest absolute Gasteiger partial charge is 0.388 e. The maximum Gasteiger partial charge on any atom is 0.251 e. The molecule has 0 saturated carbocycles. The van der Waals surface area contributed by atoms with E-state index in [1.165, 1.54) is 12.4 Å². The molecule has 0 unspecified atom stereocenters. The number of H-pyrrole nitrogens is 1. The van der Waals surface area contributed by atoms with Gasteiger partial charge >= 0.3 is 0 Å². The lowest BCUT2D eigenvalue weighted by Crippen LogP contribution is -2.16. The van der Waals surface area contributed by atoms with E-state index in [1.54, 1.807) is 0 Å². The number of aromatic amines is 1. The lowest BCUT2D eigenvalue weighted by Gasteiger charge is -1.91. The minimum Gasteiger partial charge on any atom is -0.388 e. The Bertz CT molecular complexity index is 306. The first kappa shape index (κ1) is 6.88. The topological polar surface area (TPSA) is 71.8 Å². The zero-order valence-electron chi connectivity index (χ0n) is 5.00. The predicted molar refractivity (Wildman–Crippen MR) is 40.7 cm³/mol. The van der Waals surface area contributed by atoms with E-state index in [9.17, 15) is 4.79 Å². The molecule has 5 heteroatoms. The van der Waals surface area contributed by atoms with Gasteiger partial charge in [0.2, 0.25) is 0 Å². The number of thiocarbonyl (C=S) groups is 1. The molecular formula is C5H5N3OS. The van der Waals surface area contributed by atoms with Gasteiger partial charge in [-0.1, -0.05) is 12.2 Å². The van der Waals surface area contributed by atoms with Crippen molar-refractivity contribution in [2.24, 2.45) is 5.73 Å². The molecule has 0 aliphatic heterocycles. The van der Waals surface area contributed by atoms with Crippen LogP contribution in [0.4, 0.5) is 0 Å². The summed E-state index contributed by atoms with van der Waals surface area (Å²) < 4.78 is 0. The molecule has 1 rings (SSSR count). The average molecular weight is 155 g/mol. The lowest BCUT2D eigenvalue weighted by molar-refractivity contribution is 1.10. The first-order valence-corrected chi connectivity index (χ1v) is 2.95. The Morgan fingerprint density at radius 2 is 2.50 bits per heavy atom. The molecule has 0 aliphatic rings. The fraction of sp³-hybridized carbons (Fsp3) is 0. The van der Waals surface area contributed by atoms with Gasteiger partial charge in [0.05, 0.1) is 6.33 Å². The van der Waals surface area contributed by atoms with Crippen molar-refractivity contribution in [2.45, 2.75) is 0 Å². The second-order valence-corrected chi connectivity index (χ2v) is 2.10. The Kier molecular flexibility index (Phi) is 1.77. The lowest BCUT2D eigenvalue weighted by atomic mass is 10.4. The average Bonchev–Trinajstić information content (AvgIpc) is 1.88. The Morgan fingerprint density at radius 1 is 1.80 bits per heavy atom. The van der Waals surface area contributed by atoms with Crippen molar-refractivity contribution in [3.8, 4) is 0 Å². The summed E-state index contributed by atoms with van der Waals surface area (Å²) in [5.74, 6) is 0. The molecule has 0 radical (unpaired) electrons. The molecule has 1 aromatic rings. The number of aromatic nitrogens is 2. The van der Waals surface area contributed by atoms with E-state index in [-0.39, 0.29) is 10.5 Å². The van der Waals surface area contributed by atoms with E-state index in [0.717, 1.165) is 0 Å². The van der Waals surface area contributed by atoms with Gasteiger partial charge in [0.1, 0.15) is 10.7 Å². The van der Waals surface area contributed by atoms with Crippen molar-refractivity contribution in [3.05, 3.63) is 28.4 Å². The maximum absolute atomic E-state index is 10.6. The van der Waals surface area contributed by atoms with Crippen LogP contribution in [0.1, 0.15) is 5.69 Å². The normalized spacial score (nSPS) is 9.20. The summed E-state index contributed by atoms with van der Waals surface area (Å²) >= 11 is 4.58. The standard InChI is InChI=1S/C5H5N3OS/c6-5(10)3-1-4(9)8-2-7-3/h1-2H,(H2,6,10)(H,7,8,9). The summed E-state index contributed by atoms with van der Waals surface area (Å²) in [5.41, 5.74) is 5.29. The smallest absolute Gasteiger partial charge is 0.251 e. The third kappa shape index (κ3) is 1.38. The monoisotopic (exact) mass is 155 g/mol. The molecule has 4 nitrogen and oxygen atoms in total. The van der Waals surface area contributed by atoms with Crippen molar-refractivity contribution in [1.82, 2.24) is 9.97 Å². The van der Waals surface area contributed by atoms with Crippen LogP contribution in [-0.2, 0) is 0 Å². The van der Waals surface area contributed by atoms with Crippen LogP contribution < -0.4 is 11.3 Å². The highest BCUT2D eigenvalue weighted by Gasteiger charge is 1.95. The number of nitrogens with zero attached hydrogens (tertiary/aromatic N) is 1. The molecule has 52 valence electrons.